The van der Waals surface area contributed by atoms with Crippen LogP contribution >= 0.6 is 0 Å². The van der Waals surface area contributed by atoms with Gasteiger partial charge in [-0.2, -0.15) is 0 Å². The molecule has 18 atom stereocenters. The molecular formula is C85H129N23O28. The van der Waals surface area contributed by atoms with E-state index in [1.807, 2.05) is 0 Å². The lowest BCUT2D eigenvalue weighted by molar-refractivity contribution is -0.138. The Bertz CT molecular complexity index is 4590. The van der Waals surface area contributed by atoms with Crippen molar-refractivity contribution in [2.45, 2.75) is 241 Å². The number of aliphatic carboxylic acids is 1. The zero-order valence-electron chi connectivity index (χ0n) is 76.1. The summed E-state index contributed by atoms with van der Waals surface area (Å²) in [6.07, 6.45) is -8.48. The number of aliphatic hydroxyl groups excluding tert-OH is 4. The number of unbranched alkanes of at least 4 members (excludes halogenated alkanes) is 2. The molecule has 0 aromatic heterocycles. The van der Waals surface area contributed by atoms with Crippen LogP contribution in [0.25, 0.3) is 0 Å². The fourth-order valence-electron chi connectivity index (χ4n) is 13.0. The minimum atomic E-state index is -2.24. The minimum Gasteiger partial charge on any atom is -0.508 e. The summed E-state index contributed by atoms with van der Waals surface area (Å²) in [5.74, 6) is -27.0. The number of amides is 20. The number of rotatable bonds is 63. The molecule has 0 fully saturated rings. The number of carbonyl (C=O) groups excluding carboxylic acids is 20. The third-order valence-electron chi connectivity index (χ3n) is 20.9. The molecule has 0 aliphatic rings. The Hall–Kier alpha value is -14.1. The fourth-order valence-corrected chi connectivity index (χ4v) is 13.0. The van der Waals surface area contributed by atoms with Crippen LogP contribution in [-0.2, 0) is 120 Å². The van der Waals surface area contributed by atoms with E-state index in [1.165, 1.54) is 36.4 Å². The van der Waals surface area contributed by atoms with Crippen LogP contribution in [0.2, 0.25) is 0 Å². The summed E-state index contributed by atoms with van der Waals surface area (Å²) in [4.78, 5) is 286. The van der Waals surface area contributed by atoms with Gasteiger partial charge in [-0.1, -0.05) is 88.7 Å². The monoisotopic (exact) mass is 1920 g/mol. The molecule has 3 rings (SSSR count). The van der Waals surface area contributed by atoms with E-state index < -0.39 is 304 Å². The molecule has 20 amide bonds. The topological polar surface area (TPSA) is 875 Å². The molecular weight excluding hydrogens is 1790 g/mol. The maximum atomic E-state index is 14.7. The van der Waals surface area contributed by atoms with Gasteiger partial charge in [0.2, 0.25) is 118 Å². The highest BCUT2D eigenvalue weighted by atomic mass is 16.4. The lowest BCUT2D eigenvalue weighted by Gasteiger charge is -2.29. The van der Waals surface area contributed by atoms with Crippen LogP contribution in [0.3, 0.4) is 0 Å². The van der Waals surface area contributed by atoms with Gasteiger partial charge in [0, 0.05) is 25.7 Å². The quantitative estimate of drug-likeness (QED) is 0.0233. The standard InChI is InChI=1S/C85H129N23O28/c1-7-42(4)68(106-82(133)67(92)41(2)3)83(134)105-60(40-110)81(132)108-70(44(6)112)84(135)102-55(33-47-21-25-49(114)26-22-47)77(128)104-59(39-109)72(123)93-37-65(119)95-56(34-62(89)116)80(131)107-69(43(5)111)85(136)103-58(36-64(91)118)79(130)100-54(32-46-19-23-48(113)24-20-46)76(127)101-57(35-63(90)117)78(129)98-52(27-28-61(88)115)74(125)97-51(18-12-14-30-87)73(124)99-53(31-45-15-9-8-10-16-45)75(126)96-50(17-11-13-29-86)71(122)94-38-66(120)121/h8-10,15-16,19-26,41-44,50-60,67-70,109-114H,7,11-14,17-18,27-40,86-87,92H2,1-6H3,(H2,88,115)(H2,89,116)(H2,90,117)(H2,91,118)(H,93,123)(H,94,122)(H,95,119)(H,96,126)(H,97,125)(H,98,129)(H,99,124)(H,100,130)(H,101,127)(H,102,135)(H,103,136)(H,104,128)(H,105,134)(H,106,133)(H,107,131)(H,108,132)(H,120,121)/t42-,43+,44+,50-,51-,52-,53-,54-,55-,56-,57-,58-,59-,60-,67-,68-,69-,70-/m0/s1. The highest BCUT2D eigenvalue weighted by molar-refractivity contribution is 6.03. The summed E-state index contributed by atoms with van der Waals surface area (Å²) in [6, 6.07) is -8.81. The van der Waals surface area contributed by atoms with Gasteiger partial charge in [0.25, 0.3) is 0 Å². The third-order valence-corrected chi connectivity index (χ3v) is 20.9. The van der Waals surface area contributed by atoms with Gasteiger partial charge < -0.3 is 161 Å². The summed E-state index contributed by atoms with van der Waals surface area (Å²) in [6.45, 7) is 4.66. The Morgan fingerprint density at radius 2 is 0.632 bits per heavy atom. The number of aliphatic hydroxyl groups is 4. The third kappa shape index (κ3) is 42.0. The van der Waals surface area contributed by atoms with Crippen LogP contribution < -0.4 is 125 Å². The smallest absolute Gasteiger partial charge is 0.322 e. The van der Waals surface area contributed by atoms with Crippen molar-refractivity contribution in [1.82, 2.24) is 85.1 Å². The first-order valence-corrected chi connectivity index (χ1v) is 43.6. The summed E-state index contributed by atoms with van der Waals surface area (Å²) in [5, 5.41) is 108. The largest absolute Gasteiger partial charge is 0.508 e. The first kappa shape index (κ1) is 116. The van der Waals surface area contributed by atoms with Crippen molar-refractivity contribution in [3.8, 4) is 11.5 Å². The van der Waals surface area contributed by atoms with Crippen molar-refractivity contribution in [2.75, 3.05) is 39.4 Å². The second kappa shape index (κ2) is 59.5. The Morgan fingerprint density at radius 1 is 0.331 bits per heavy atom. The molecule has 0 radical (unpaired) electrons. The van der Waals surface area contributed by atoms with Gasteiger partial charge in [0.15, 0.2) is 0 Å². The summed E-state index contributed by atoms with van der Waals surface area (Å²) in [5.41, 5.74) is 40.3. The van der Waals surface area contributed by atoms with Crippen molar-refractivity contribution in [2.24, 2.45) is 52.0 Å². The highest BCUT2D eigenvalue weighted by Gasteiger charge is 2.41. The zero-order valence-corrected chi connectivity index (χ0v) is 76.1. The Morgan fingerprint density at radius 3 is 1.01 bits per heavy atom. The number of carboxylic acid groups (broad SMARTS) is 1. The van der Waals surface area contributed by atoms with Gasteiger partial charge in [-0.25, -0.2) is 0 Å². The van der Waals surface area contributed by atoms with Gasteiger partial charge in [0.1, 0.15) is 103 Å². The maximum absolute atomic E-state index is 14.7. The van der Waals surface area contributed by atoms with E-state index in [1.54, 1.807) is 58.0 Å². The number of nitrogens with two attached hydrogens (primary N) is 7. The molecule has 752 valence electrons. The van der Waals surface area contributed by atoms with E-state index >= 15 is 0 Å². The number of phenols is 2. The second-order valence-corrected chi connectivity index (χ2v) is 32.5. The second-order valence-electron chi connectivity index (χ2n) is 32.5. The average Bonchev–Trinajstić information content (AvgIpc) is 0.846. The lowest BCUT2D eigenvalue weighted by atomic mass is 9.96. The normalized spacial score (nSPS) is 15.0. The van der Waals surface area contributed by atoms with Gasteiger partial charge in [-0.3, -0.25) is 101 Å². The average molecular weight is 1920 g/mol. The molecule has 0 aliphatic heterocycles. The van der Waals surface area contributed by atoms with Crippen molar-refractivity contribution >= 4 is 124 Å². The van der Waals surface area contributed by atoms with E-state index in [2.05, 4.69) is 85.1 Å². The van der Waals surface area contributed by atoms with Crippen LogP contribution in [0.15, 0.2) is 78.9 Å². The molecule has 3 aromatic rings. The van der Waals surface area contributed by atoms with Crippen molar-refractivity contribution in [3.63, 3.8) is 0 Å². The SMILES string of the molecule is CC[C@H](C)[C@H](NC(=O)[C@@H](N)C(C)C)C(=O)N[C@@H](CO)C(=O)N[C@H](C(=O)N[C@@H](Cc1ccc(O)cc1)C(=O)N[C@@H](CO)C(=O)NCC(=O)N[C@@H](CC(N)=O)C(=O)N[C@H](C(=O)N[C@@H](CC(N)=O)C(=O)N[C@@H](Cc1ccc(O)cc1)C(=O)N[C@@H](CC(N)=O)C(=O)N[C@@H](CCC(N)=O)C(=O)N[C@@H](CCCCN)C(=O)N[C@@H](Cc1ccccc1)C(=O)N[C@@H](CCCCN)C(=O)NCC(=O)O)[C@@H](C)O)[C@@H](C)O. The number of nitrogens with one attached hydrogen (secondary N) is 16. The molecule has 51 heteroatoms. The summed E-state index contributed by atoms with van der Waals surface area (Å²) < 4.78 is 0. The van der Waals surface area contributed by atoms with Crippen LogP contribution in [0.1, 0.15) is 135 Å². The number of aromatic hydroxyl groups is 2. The predicted molar refractivity (Wildman–Crippen MR) is 480 cm³/mol. The van der Waals surface area contributed by atoms with Crippen LogP contribution in [-0.4, -0.2) is 302 Å². The van der Waals surface area contributed by atoms with E-state index in [4.69, 9.17) is 40.1 Å². The number of hydrogen-bond donors (Lipinski definition) is 30. The Kier molecular flexibility index (Phi) is 50.7. The molecule has 3 aromatic carbocycles. The summed E-state index contributed by atoms with van der Waals surface area (Å²) >= 11 is 0. The fraction of sp³-hybridized carbons (Fsp3) is 0.541. The van der Waals surface area contributed by atoms with E-state index in [-0.39, 0.29) is 73.7 Å². The highest BCUT2D eigenvalue weighted by Crippen LogP contribution is 2.18. The van der Waals surface area contributed by atoms with Gasteiger partial charge >= 0.3 is 5.97 Å². The zero-order chi connectivity index (χ0) is 102. The van der Waals surface area contributed by atoms with Crippen LogP contribution in [0.5, 0.6) is 11.5 Å². The lowest BCUT2D eigenvalue weighted by Crippen LogP contribution is -2.63. The summed E-state index contributed by atoms with van der Waals surface area (Å²) in [7, 11) is 0. The number of carbonyl (C=O) groups is 21. The molecule has 0 unspecified atom stereocenters. The van der Waals surface area contributed by atoms with Crippen molar-refractivity contribution in [1.29, 1.82) is 0 Å². The molecule has 0 saturated carbocycles. The first-order valence-electron chi connectivity index (χ1n) is 43.6. The van der Waals surface area contributed by atoms with Crippen LogP contribution in [0.4, 0.5) is 0 Å². The van der Waals surface area contributed by atoms with Gasteiger partial charge in [0.05, 0.1) is 57.3 Å². The van der Waals surface area contributed by atoms with Crippen molar-refractivity contribution < 1.29 is 136 Å². The first-order chi connectivity index (χ1) is 64.1. The Labute approximate surface area is 781 Å². The molecule has 136 heavy (non-hydrogen) atoms. The molecule has 0 bridgehead atoms. The van der Waals surface area contributed by atoms with E-state index in [0.29, 0.717) is 24.8 Å². The number of phenolic OH excluding ortho intramolecular Hbond substituents is 2. The van der Waals surface area contributed by atoms with E-state index in [9.17, 15) is 136 Å². The molecule has 0 aliphatic carbocycles. The van der Waals surface area contributed by atoms with Crippen molar-refractivity contribution in [3.05, 3.63) is 95.6 Å². The molecule has 0 saturated heterocycles. The molecule has 51 nitrogen and oxygen atoms in total. The maximum Gasteiger partial charge on any atom is 0.322 e. The molecule has 0 spiro atoms. The predicted octanol–water partition coefficient (Wildman–Crippen LogP) is -11.8. The Balaban J connectivity index is 1.93. The molecule has 0 heterocycles. The van der Waals surface area contributed by atoms with Crippen LogP contribution in [0, 0.1) is 11.8 Å². The molecule has 37 N–H and O–H groups in total. The number of hydrogen-bond acceptors (Lipinski definition) is 30. The number of benzene rings is 3. The number of carboxylic acids is 1. The minimum absolute atomic E-state index is 0.0107. The van der Waals surface area contributed by atoms with E-state index in [0.717, 1.165) is 26.0 Å². The number of primary amides is 4. The van der Waals surface area contributed by atoms with Gasteiger partial charge in [-0.15, -0.1) is 0 Å². The van der Waals surface area contributed by atoms with Gasteiger partial charge in [-0.05, 0) is 125 Å².